The number of nitrogens with one attached hydrogen (secondary N) is 1. The molecule has 0 saturated carbocycles. The van der Waals surface area contributed by atoms with Crippen LogP contribution in [0.25, 0.3) is 0 Å². The van der Waals surface area contributed by atoms with Crippen molar-refractivity contribution in [2.45, 2.75) is 19.1 Å². The van der Waals surface area contributed by atoms with Crippen molar-refractivity contribution in [1.29, 1.82) is 5.26 Å². The number of thioether (sulfide) groups is 1. The lowest BCUT2D eigenvalue weighted by Gasteiger charge is -2.24. The summed E-state index contributed by atoms with van der Waals surface area (Å²) in [7, 11) is 0. The third-order valence-electron chi connectivity index (χ3n) is 5.48. The molecule has 0 spiro atoms. The van der Waals surface area contributed by atoms with Crippen LogP contribution in [0, 0.1) is 11.3 Å². The zero-order valence-electron chi connectivity index (χ0n) is 20.0. The molecule has 0 aromatic heterocycles. The molecule has 1 aliphatic rings. The highest BCUT2D eigenvalue weighted by molar-refractivity contribution is 8.02. The number of nitrogens with zero attached hydrogens (tertiary/aromatic N) is 3. The molecule has 2 amide bonds. The number of nitriles is 1. The van der Waals surface area contributed by atoms with Gasteiger partial charge in [0.1, 0.15) is 0 Å². The van der Waals surface area contributed by atoms with Crippen molar-refractivity contribution in [1.82, 2.24) is 0 Å². The lowest BCUT2D eigenvalue weighted by molar-refractivity contribution is -0.106. The van der Waals surface area contributed by atoms with Gasteiger partial charge in [-0.25, -0.2) is 0 Å². The number of carbonyl (C=O) groups excluding carboxylic acids is 2. The summed E-state index contributed by atoms with van der Waals surface area (Å²) in [5, 5.41) is 12.1. The molecule has 3 aromatic carbocycles. The molecule has 0 atom stereocenters. The van der Waals surface area contributed by atoms with Gasteiger partial charge in [-0.05, 0) is 61.2 Å². The summed E-state index contributed by atoms with van der Waals surface area (Å²) >= 11 is 1.69. The monoisotopic (exact) mass is 497 g/mol. The first kappa shape index (κ1) is 26.3. The molecule has 0 bridgehead atoms. The van der Waals surface area contributed by atoms with Gasteiger partial charge in [0.15, 0.2) is 0 Å². The Bertz CT molecular complexity index is 1310. The Balaban J connectivity index is 0.00000115. The summed E-state index contributed by atoms with van der Waals surface area (Å²) in [6, 6.07) is 23.6. The third-order valence-corrected chi connectivity index (χ3v) is 6.57. The average Bonchev–Trinajstić information content (AvgIpc) is 3.01. The number of fused-ring (bicyclic) bond motifs is 2. The maximum absolute atomic E-state index is 12.9. The predicted molar refractivity (Wildman–Crippen MR) is 148 cm³/mol. The zero-order chi connectivity index (χ0) is 25.9. The van der Waals surface area contributed by atoms with Gasteiger partial charge in [0.05, 0.1) is 34.3 Å². The second kappa shape index (κ2) is 12.9. The highest BCUT2D eigenvalue weighted by Crippen LogP contribution is 2.38. The lowest BCUT2D eigenvalue weighted by Crippen LogP contribution is -2.17. The van der Waals surface area contributed by atoms with Crippen molar-refractivity contribution in [3.63, 3.8) is 0 Å². The minimum absolute atomic E-state index is 0.0985. The lowest BCUT2D eigenvalue weighted by atomic mass is 10.1. The van der Waals surface area contributed by atoms with Crippen LogP contribution in [0.3, 0.4) is 0 Å². The summed E-state index contributed by atoms with van der Waals surface area (Å²) in [6.45, 7) is 6.46. The molecule has 3 N–H and O–H groups in total. The van der Waals surface area contributed by atoms with Gasteiger partial charge in [0, 0.05) is 29.8 Å². The van der Waals surface area contributed by atoms with Crippen molar-refractivity contribution in [3.8, 4) is 6.07 Å². The van der Waals surface area contributed by atoms with E-state index in [1.807, 2.05) is 54.6 Å². The van der Waals surface area contributed by atoms with Crippen molar-refractivity contribution in [2.24, 2.45) is 10.7 Å². The zero-order valence-corrected chi connectivity index (χ0v) is 20.8. The van der Waals surface area contributed by atoms with E-state index in [1.54, 1.807) is 18.0 Å². The number of allylic oxidation sites excluding steroid dienone is 1. The molecule has 182 valence electrons. The standard InChI is InChI=1S/C27H24N4OS.CH3NO/c1-3-31-25-7-5-4-6-23(25)27(32)30-24-15-21(12-13-26(24)31)14-22(17-29-2)33-18-20-10-8-19(16-28)9-11-20;2-1-3/h4-13,15,17H,2-3,14,18H2,1H3,(H,30,32);1H,(H2,2,3)/b22-17-;. The second-order valence-corrected chi connectivity index (χ2v) is 8.86. The minimum atomic E-state index is -0.0985. The van der Waals surface area contributed by atoms with E-state index in [0.717, 1.165) is 45.4 Å². The normalized spacial score (nSPS) is 12.1. The van der Waals surface area contributed by atoms with E-state index in [2.05, 4.69) is 52.8 Å². The Kier molecular flexibility index (Phi) is 9.43. The fourth-order valence-electron chi connectivity index (χ4n) is 3.88. The van der Waals surface area contributed by atoms with Crippen molar-refractivity contribution in [2.75, 3.05) is 16.8 Å². The topological polar surface area (TPSA) is 112 Å². The number of primary amides is 1. The van der Waals surface area contributed by atoms with Crippen LogP contribution in [0.2, 0.25) is 0 Å². The molecule has 0 radical (unpaired) electrons. The number of rotatable bonds is 7. The first-order valence-corrected chi connectivity index (χ1v) is 12.3. The van der Waals surface area contributed by atoms with E-state index in [-0.39, 0.29) is 12.3 Å². The van der Waals surface area contributed by atoms with Crippen molar-refractivity contribution >= 4 is 47.9 Å². The summed E-state index contributed by atoms with van der Waals surface area (Å²) in [6.07, 6.45) is 2.72. The quantitative estimate of drug-likeness (QED) is 0.335. The van der Waals surface area contributed by atoms with Gasteiger partial charge < -0.3 is 16.0 Å². The summed E-state index contributed by atoms with van der Waals surface area (Å²) in [5.41, 5.74) is 10.4. The smallest absolute Gasteiger partial charge is 0.257 e. The Labute approximate surface area is 215 Å². The molecule has 1 aliphatic heterocycles. The number of anilines is 3. The third kappa shape index (κ3) is 6.40. The van der Waals surface area contributed by atoms with E-state index in [0.29, 0.717) is 17.5 Å². The Morgan fingerprint density at radius 2 is 1.83 bits per heavy atom. The van der Waals surface area contributed by atoms with Gasteiger partial charge in [0.25, 0.3) is 5.91 Å². The number of benzene rings is 3. The van der Waals surface area contributed by atoms with Crippen LogP contribution in [0.1, 0.15) is 34.0 Å². The van der Waals surface area contributed by atoms with Gasteiger partial charge >= 0.3 is 0 Å². The molecule has 3 aromatic rings. The van der Waals surface area contributed by atoms with Crippen LogP contribution >= 0.6 is 11.8 Å². The van der Waals surface area contributed by atoms with Gasteiger partial charge in [0.2, 0.25) is 6.41 Å². The van der Waals surface area contributed by atoms with Gasteiger partial charge in [-0.3, -0.25) is 14.6 Å². The molecule has 7 nitrogen and oxygen atoms in total. The van der Waals surface area contributed by atoms with Crippen LogP contribution in [0.5, 0.6) is 0 Å². The van der Waals surface area contributed by atoms with Crippen LogP contribution in [0.15, 0.2) is 82.8 Å². The number of hydrogen-bond acceptors (Lipinski definition) is 6. The number of amides is 2. The average molecular weight is 498 g/mol. The number of hydrogen-bond donors (Lipinski definition) is 2. The van der Waals surface area contributed by atoms with Crippen LogP contribution < -0.4 is 16.0 Å². The molecule has 36 heavy (non-hydrogen) atoms. The van der Waals surface area contributed by atoms with Gasteiger partial charge in [-0.1, -0.05) is 30.3 Å². The predicted octanol–water partition coefficient (Wildman–Crippen LogP) is 5.40. The highest BCUT2D eigenvalue weighted by atomic mass is 32.2. The van der Waals surface area contributed by atoms with Crippen LogP contribution in [-0.4, -0.2) is 25.6 Å². The fourth-order valence-corrected chi connectivity index (χ4v) is 4.84. The van der Waals surface area contributed by atoms with Gasteiger partial charge in [-0.15, -0.1) is 11.8 Å². The van der Waals surface area contributed by atoms with Crippen LogP contribution in [0.4, 0.5) is 17.1 Å². The summed E-state index contributed by atoms with van der Waals surface area (Å²) in [5.74, 6) is 0.673. The molecular formula is C28H27N5O2S. The first-order valence-electron chi connectivity index (χ1n) is 11.3. The fraction of sp³-hybridized carbons (Fsp3) is 0.143. The van der Waals surface area contributed by atoms with E-state index in [4.69, 9.17) is 10.1 Å². The maximum Gasteiger partial charge on any atom is 0.257 e. The molecule has 0 unspecified atom stereocenters. The minimum Gasteiger partial charge on any atom is -0.372 e. The van der Waals surface area contributed by atoms with Gasteiger partial charge in [-0.2, -0.15) is 5.26 Å². The SMILES string of the molecule is C=N/C=C(/Cc1ccc2c(c1)NC(=O)c1ccccc1N2CC)SCc1ccc(C#N)cc1.NC=O. The molecule has 8 heteroatoms. The summed E-state index contributed by atoms with van der Waals surface area (Å²) in [4.78, 5) is 28.7. The van der Waals surface area contributed by atoms with Crippen LogP contribution in [-0.2, 0) is 17.0 Å². The Hall–Kier alpha value is -4.35. The van der Waals surface area contributed by atoms with Crippen molar-refractivity contribution in [3.05, 3.63) is 100 Å². The molecule has 1 heterocycles. The number of para-hydroxylation sites is 1. The van der Waals surface area contributed by atoms with E-state index in [9.17, 15) is 4.79 Å². The van der Waals surface area contributed by atoms with E-state index >= 15 is 0 Å². The maximum atomic E-state index is 12.9. The molecule has 0 saturated heterocycles. The number of aliphatic imine (C=N–C) groups is 1. The molecule has 4 rings (SSSR count). The first-order chi connectivity index (χ1) is 17.5. The Morgan fingerprint density at radius 3 is 2.50 bits per heavy atom. The van der Waals surface area contributed by atoms with E-state index in [1.165, 1.54) is 0 Å². The summed E-state index contributed by atoms with van der Waals surface area (Å²) < 4.78 is 0. The molecule has 0 aliphatic carbocycles. The van der Waals surface area contributed by atoms with Crippen molar-refractivity contribution < 1.29 is 9.59 Å². The van der Waals surface area contributed by atoms with E-state index < -0.39 is 0 Å². The second-order valence-electron chi connectivity index (χ2n) is 7.76. The Morgan fingerprint density at radius 1 is 1.14 bits per heavy atom. The largest absolute Gasteiger partial charge is 0.372 e. The molecular weight excluding hydrogens is 470 g/mol. The number of nitrogens with two attached hydrogens (primary N) is 1. The highest BCUT2D eigenvalue weighted by Gasteiger charge is 2.24. The number of carbonyl (C=O) groups is 2. The molecule has 0 fully saturated rings.